The van der Waals surface area contributed by atoms with Crippen molar-refractivity contribution in [1.29, 1.82) is 0 Å². The molecule has 0 aliphatic carbocycles. The summed E-state index contributed by atoms with van der Waals surface area (Å²) in [5, 5.41) is 9.73. The molecule has 134 valence electrons. The third-order valence-electron chi connectivity index (χ3n) is 3.71. The van der Waals surface area contributed by atoms with Gasteiger partial charge in [0.2, 0.25) is 0 Å². The number of aryl methyl sites for hydroxylation is 1. The first kappa shape index (κ1) is 18.3. The van der Waals surface area contributed by atoms with Gasteiger partial charge in [-0.05, 0) is 30.5 Å². The van der Waals surface area contributed by atoms with Gasteiger partial charge in [-0.2, -0.15) is 0 Å². The third-order valence-corrected chi connectivity index (χ3v) is 3.71. The van der Waals surface area contributed by atoms with Gasteiger partial charge in [0.05, 0.1) is 11.9 Å². The number of hydrogen-bond acceptors (Lipinski definition) is 4. The predicted octanol–water partition coefficient (Wildman–Crippen LogP) is 1.04. The number of aliphatic carboxylic acids is 1. The molecule has 8 heteroatoms. The number of aromatic nitrogens is 1. The molecule has 0 saturated heterocycles. The highest BCUT2D eigenvalue weighted by molar-refractivity contribution is 5.82. The van der Waals surface area contributed by atoms with E-state index in [2.05, 4.69) is 4.99 Å². The van der Waals surface area contributed by atoms with E-state index in [-0.39, 0.29) is 23.5 Å². The molecule has 0 bridgehead atoms. The van der Waals surface area contributed by atoms with Gasteiger partial charge < -0.3 is 25.9 Å². The fourth-order valence-corrected chi connectivity index (χ4v) is 2.61. The summed E-state index contributed by atoms with van der Waals surface area (Å²) in [6.07, 6.45) is -0.251. The number of carbonyl (C=O) groups is 1. The Kier molecular flexibility index (Phi) is 5.63. The van der Waals surface area contributed by atoms with Crippen LogP contribution in [-0.4, -0.2) is 27.8 Å². The number of nitrogens with zero attached hydrogens (tertiary/aromatic N) is 2. The number of fused-ring (bicyclic) bond motifs is 1. The lowest BCUT2D eigenvalue weighted by Crippen LogP contribution is -2.27. The molecule has 0 aliphatic heterocycles. The highest BCUT2D eigenvalue weighted by Gasteiger charge is 2.13. The van der Waals surface area contributed by atoms with Crippen LogP contribution in [0.2, 0.25) is 0 Å². The fourth-order valence-electron chi connectivity index (χ4n) is 2.61. The standard InChI is InChI=1S/C17H22N4O4/c1-3-14(20-17(18)19)25-12-6-5-10-7-11(8-15(22)23)16(24)21(4-2)13(10)9-12/h5-7,9,14H,3-4,8H2,1-2H3,(H,22,23)(H4,18,19,20). The maximum Gasteiger partial charge on any atom is 0.308 e. The monoisotopic (exact) mass is 346 g/mol. The average Bonchev–Trinajstić information content (AvgIpc) is 2.54. The van der Waals surface area contributed by atoms with Gasteiger partial charge in [0.25, 0.3) is 5.56 Å². The molecule has 0 spiro atoms. The second-order valence-electron chi connectivity index (χ2n) is 5.54. The van der Waals surface area contributed by atoms with Gasteiger partial charge in [-0.25, -0.2) is 4.99 Å². The number of benzene rings is 1. The summed E-state index contributed by atoms with van der Waals surface area (Å²) < 4.78 is 7.29. The van der Waals surface area contributed by atoms with Crippen LogP contribution in [0.4, 0.5) is 0 Å². The number of carboxylic acid groups (broad SMARTS) is 1. The van der Waals surface area contributed by atoms with Gasteiger partial charge in [-0.3, -0.25) is 9.59 Å². The van der Waals surface area contributed by atoms with E-state index in [4.69, 9.17) is 21.3 Å². The van der Waals surface area contributed by atoms with Crippen molar-refractivity contribution in [2.45, 2.75) is 39.5 Å². The maximum absolute atomic E-state index is 12.5. The fraction of sp³-hybridized carbons (Fsp3) is 0.353. The molecular weight excluding hydrogens is 324 g/mol. The number of pyridine rings is 1. The van der Waals surface area contributed by atoms with Crippen molar-refractivity contribution < 1.29 is 14.6 Å². The lowest BCUT2D eigenvalue weighted by molar-refractivity contribution is -0.136. The molecule has 1 heterocycles. The molecule has 1 aromatic carbocycles. The van der Waals surface area contributed by atoms with Crippen molar-refractivity contribution in [3.05, 3.63) is 40.2 Å². The Morgan fingerprint density at radius 3 is 2.60 bits per heavy atom. The van der Waals surface area contributed by atoms with Gasteiger partial charge in [0.15, 0.2) is 12.2 Å². The molecule has 0 amide bonds. The molecule has 2 aromatic rings. The van der Waals surface area contributed by atoms with Crippen LogP contribution in [0.3, 0.4) is 0 Å². The summed E-state index contributed by atoms with van der Waals surface area (Å²) in [5.74, 6) is -0.574. The van der Waals surface area contributed by atoms with Gasteiger partial charge in [0.1, 0.15) is 5.75 Å². The van der Waals surface area contributed by atoms with E-state index in [0.717, 1.165) is 5.39 Å². The van der Waals surface area contributed by atoms with Gasteiger partial charge in [-0.1, -0.05) is 6.92 Å². The summed E-state index contributed by atoms with van der Waals surface area (Å²) in [7, 11) is 0. The Morgan fingerprint density at radius 1 is 1.32 bits per heavy atom. The van der Waals surface area contributed by atoms with Crippen molar-refractivity contribution in [2.75, 3.05) is 0 Å². The van der Waals surface area contributed by atoms with Crippen molar-refractivity contribution >= 4 is 22.8 Å². The average molecular weight is 346 g/mol. The SMILES string of the molecule is CCC(N=C(N)N)Oc1ccc2cc(CC(=O)O)c(=O)n(CC)c2c1. The summed E-state index contributed by atoms with van der Waals surface area (Å²) in [4.78, 5) is 27.4. The summed E-state index contributed by atoms with van der Waals surface area (Å²) in [6, 6.07) is 6.86. The van der Waals surface area contributed by atoms with Gasteiger partial charge in [0, 0.05) is 24.6 Å². The molecule has 0 saturated carbocycles. The number of rotatable bonds is 7. The molecule has 0 radical (unpaired) electrons. The third kappa shape index (κ3) is 4.28. The molecule has 1 unspecified atom stereocenters. The number of hydrogen-bond donors (Lipinski definition) is 3. The Hall–Kier alpha value is -3.03. The van der Waals surface area contributed by atoms with Crippen LogP contribution in [0.15, 0.2) is 34.1 Å². The normalized spacial score (nSPS) is 11.9. The van der Waals surface area contributed by atoms with E-state index in [1.54, 1.807) is 24.3 Å². The van der Waals surface area contributed by atoms with Crippen LogP contribution in [-0.2, 0) is 17.8 Å². The Bertz CT molecular complexity index is 869. The summed E-state index contributed by atoms with van der Waals surface area (Å²) in [6.45, 7) is 4.13. The highest BCUT2D eigenvalue weighted by atomic mass is 16.5. The van der Waals surface area contributed by atoms with Crippen LogP contribution in [0, 0.1) is 0 Å². The minimum atomic E-state index is -1.04. The van der Waals surface area contributed by atoms with E-state index in [1.165, 1.54) is 4.57 Å². The smallest absolute Gasteiger partial charge is 0.308 e. The molecule has 8 nitrogen and oxygen atoms in total. The molecule has 0 aliphatic rings. The first-order valence-electron chi connectivity index (χ1n) is 7.99. The molecule has 1 aromatic heterocycles. The number of carboxylic acids is 1. The van der Waals surface area contributed by atoms with E-state index in [0.29, 0.717) is 24.2 Å². The zero-order valence-corrected chi connectivity index (χ0v) is 14.2. The van der Waals surface area contributed by atoms with E-state index in [1.807, 2.05) is 13.8 Å². The highest BCUT2D eigenvalue weighted by Crippen LogP contribution is 2.22. The van der Waals surface area contributed by atoms with Crippen molar-refractivity contribution in [3.8, 4) is 5.75 Å². The van der Waals surface area contributed by atoms with E-state index in [9.17, 15) is 9.59 Å². The van der Waals surface area contributed by atoms with Crippen LogP contribution in [0.5, 0.6) is 5.75 Å². The zero-order chi connectivity index (χ0) is 18.6. The predicted molar refractivity (Wildman–Crippen MR) is 95.7 cm³/mol. The molecule has 1 atom stereocenters. The Balaban J connectivity index is 2.50. The summed E-state index contributed by atoms with van der Waals surface area (Å²) >= 11 is 0. The molecule has 25 heavy (non-hydrogen) atoms. The number of aliphatic imine (C=N–C) groups is 1. The zero-order valence-electron chi connectivity index (χ0n) is 14.2. The maximum atomic E-state index is 12.5. The van der Waals surface area contributed by atoms with Crippen LogP contribution in [0.25, 0.3) is 10.9 Å². The second kappa shape index (κ2) is 7.69. The first-order chi connectivity index (χ1) is 11.8. The Labute approximate surface area is 144 Å². The largest absolute Gasteiger partial charge is 0.481 e. The van der Waals surface area contributed by atoms with Gasteiger partial charge in [-0.15, -0.1) is 0 Å². The first-order valence-corrected chi connectivity index (χ1v) is 7.99. The molecular formula is C17H22N4O4. The van der Waals surface area contributed by atoms with E-state index < -0.39 is 12.2 Å². The van der Waals surface area contributed by atoms with Crippen molar-refractivity contribution in [3.63, 3.8) is 0 Å². The number of guanidine groups is 1. The minimum absolute atomic E-state index is 0.0589. The lowest BCUT2D eigenvalue weighted by Gasteiger charge is -2.16. The summed E-state index contributed by atoms with van der Waals surface area (Å²) in [5.41, 5.74) is 11.4. The van der Waals surface area contributed by atoms with Crippen LogP contribution < -0.4 is 21.8 Å². The van der Waals surface area contributed by atoms with Gasteiger partial charge >= 0.3 is 5.97 Å². The Morgan fingerprint density at radius 2 is 2.04 bits per heavy atom. The lowest BCUT2D eigenvalue weighted by atomic mass is 10.1. The quantitative estimate of drug-likeness (QED) is 0.507. The van der Waals surface area contributed by atoms with E-state index >= 15 is 0 Å². The number of nitrogens with two attached hydrogens (primary N) is 2. The number of ether oxygens (including phenoxy) is 1. The molecule has 0 fully saturated rings. The topological polar surface area (TPSA) is 133 Å². The molecule has 2 rings (SSSR count). The van der Waals surface area contributed by atoms with Crippen molar-refractivity contribution in [1.82, 2.24) is 4.57 Å². The second-order valence-corrected chi connectivity index (χ2v) is 5.54. The van der Waals surface area contributed by atoms with Crippen LogP contribution >= 0.6 is 0 Å². The van der Waals surface area contributed by atoms with Crippen LogP contribution in [0.1, 0.15) is 25.8 Å². The minimum Gasteiger partial charge on any atom is -0.481 e. The molecule has 5 N–H and O–H groups in total. The van der Waals surface area contributed by atoms with Crippen molar-refractivity contribution in [2.24, 2.45) is 16.5 Å².